The maximum Gasteiger partial charge on any atom is 0.269 e. The van der Waals surface area contributed by atoms with Crippen molar-refractivity contribution < 1.29 is 4.79 Å². The molecule has 3 rings (SSSR count). The molecule has 1 aliphatic rings. The van der Waals surface area contributed by atoms with E-state index in [4.69, 9.17) is 5.73 Å². The molecule has 1 amide bonds. The molecule has 1 aromatic heterocycles. The molecule has 1 atom stereocenters. The number of aromatic nitrogens is 2. The molecule has 7 heteroatoms. The Hall–Kier alpha value is -2.83. The summed E-state index contributed by atoms with van der Waals surface area (Å²) in [5.41, 5.74) is 13.8. The number of carbonyl (C=O) groups excluding carboxylic acids is 1. The summed E-state index contributed by atoms with van der Waals surface area (Å²) in [4.78, 5) is 22.9. The van der Waals surface area contributed by atoms with Crippen LogP contribution in [0.5, 0.6) is 0 Å². The zero-order valence-corrected chi connectivity index (χ0v) is 14.6. The molecule has 0 aliphatic carbocycles. The standard InChI is InChI=1S/C18H24N6O/c1-12-6-8-14(9-7-12)18(25)23-22-16-15(19)17(21-11-20-16)24-10-4-3-5-13(24)2/h6-9,11,13H,3-5,10,19H2,1-2H3,(H,23,25)(H,20,21,22). The first-order valence-corrected chi connectivity index (χ1v) is 8.56. The minimum Gasteiger partial charge on any atom is -0.393 e. The minimum absolute atomic E-state index is 0.245. The van der Waals surface area contributed by atoms with E-state index in [1.807, 2.05) is 19.1 Å². The van der Waals surface area contributed by atoms with Crippen molar-refractivity contribution in [2.45, 2.75) is 39.2 Å². The molecule has 132 valence electrons. The van der Waals surface area contributed by atoms with Crippen LogP contribution < -0.4 is 21.5 Å². The summed E-state index contributed by atoms with van der Waals surface area (Å²) in [5.74, 6) is 0.878. The van der Waals surface area contributed by atoms with Gasteiger partial charge in [-0.25, -0.2) is 9.97 Å². The van der Waals surface area contributed by atoms with Crippen molar-refractivity contribution in [2.24, 2.45) is 0 Å². The largest absolute Gasteiger partial charge is 0.393 e. The zero-order valence-electron chi connectivity index (χ0n) is 14.6. The van der Waals surface area contributed by atoms with Crippen LogP contribution in [0.15, 0.2) is 30.6 Å². The second-order valence-corrected chi connectivity index (χ2v) is 6.44. The Kier molecular flexibility index (Phi) is 5.02. The minimum atomic E-state index is -0.245. The predicted octanol–water partition coefficient (Wildman–Crippen LogP) is 2.50. The first-order chi connectivity index (χ1) is 12.1. The van der Waals surface area contributed by atoms with Crippen LogP contribution in [0.2, 0.25) is 0 Å². The van der Waals surface area contributed by atoms with E-state index in [0.29, 0.717) is 28.9 Å². The van der Waals surface area contributed by atoms with Gasteiger partial charge in [0.05, 0.1) is 0 Å². The smallest absolute Gasteiger partial charge is 0.269 e. The van der Waals surface area contributed by atoms with Crippen LogP contribution in [0.25, 0.3) is 0 Å². The van der Waals surface area contributed by atoms with E-state index in [0.717, 1.165) is 24.9 Å². The second kappa shape index (κ2) is 7.38. The molecular formula is C18H24N6O. The summed E-state index contributed by atoms with van der Waals surface area (Å²) in [7, 11) is 0. The monoisotopic (exact) mass is 340 g/mol. The number of rotatable bonds is 4. The molecule has 1 aliphatic heterocycles. The molecule has 1 fully saturated rings. The van der Waals surface area contributed by atoms with Crippen LogP contribution in [0.1, 0.15) is 42.1 Å². The normalized spacial score (nSPS) is 17.2. The second-order valence-electron chi connectivity index (χ2n) is 6.44. The number of nitrogens with two attached hydrogens (primary N) is 1. The first-order valence-electron chi connectivity index (χ1n) is 8.56. The highest BCUT2D eigenvalue weighted by Crippen LogP contribution is 2.30. The van der Waals surface area contributed by atoms with E-state index in [-0.39, 0.29) is 5.91 Å². The summed E-state index contributed by atoms with van der Waals surface area (Å²) in [6, 6.07) is 7.72. The van der Waals surface area contributed by atoms with Crippen molar-refractivity contribution in [3.8, 4) is 0 Å². The highest BCUT2D eigenvalue weighted by molar-refractivity contribution is 5.95. The summed E-state index contributed by atoms with van der Waals surface area (Å²) in [5, 5.41) is 0. The Morgan fingerprint density at radius 3 is 2.72 bits per heavy atom. The number of nitrogens with one attached hydrogen (secondary N) is 2. The van der Waals surface area contributed by atoms with Gasteiger partial charge in [-0.1, -0.05) is 17.7 Å². The van der Waals surface area contributed by atoms with Gasteiger partial charge in [0.1, 0.15) is 12.0 Å². The number of hydrazine groups is 1. The summed E-state index contributed by atoms with van der Waals surface area (Å²) < 4.78 is 0. The number of anilines is 3. The van der Waals surface area contributed by atoms with Gasteiger partial charge in [0.2, 0.25) is 0 Å². The van der Waals surface area contributed by atoms with Crippen LogP contribution in [0.3, 0.4) is 0 Å². The van der Waals surface area contributed by atoms with Gasteiger partial charge in [0.25, 0.3) is 5.91 Å². The van der Waals surface area contributed by atoms with Crippen LogP contribution in [-0.4, -0.2) is 28.5 Å². The van der Waals surface area contributed by atoms with Crippen molar-refractivity contribution in [3.63, 3.8) is 0 Å². The van der Waals surface area contributed by atoms with Crippen molar-refractivity contribution >= 4 is 23.2 Å². The van der Waals surface area contributed by atoms with Crippen LogP contribution in [0.4, 0.5) is 17.3 Å². The SMILES string of the molecule is Cc1ccc(C(=O)NNc2ncnc(N3CCCCC3C)c2N)cc1. The highest BCUT2D eigenvalue weighted by Gasteiger charge is 2.23. The van der Waals surface area contributed by atoms with Crippen LogP contribution in [0, 0.1) is 6.92 Å². The van der Waals surface area contributed by atoms with Crippen LogP contribution >= 0.6 is 0 Å². The molecule has 0 radical (unpaired) electrons. The fraction of sp³-hybridized carbons (Fsp3) is 0.389. The number of nitrogen functional groups attached to an aromatic ring is 1. The van der Waals surface area contributed by atoms with Gasteiger partial charge >= 0.3 is 0 Å². The molecule has 2 aromatic rings. The lowest BCUT2D eigenvalue weighted by atomic mass is 10.0. The maximum atomic E-state index is 12.2. The lowest BCUT2D eigenvalue weighted by molar-refractivity contribution is 0.0962. The number of hydrogen-bond donors (Lipinski definition) is 3. The molecule has 1 unspecified atom stereocenters. The van der Waals surface area contributed by atoms with E-state index in [9.17, 15) is 4.79 Å². The molecular weight excluding hydrogens is 316 g/mol. The van der Waals surface area contributed by atoms with Gasteiger partial charge in [0.15, 0.2) is 11.6 Å². The molecule has 4 N–H and O–H groups in total. The summed E-state index contributed by atoms with van der Waals surface area (Å²) >= 11 is 0. The van der Waals surface area contributed by atoms with Gasteiger partial charge < -0.3 is 10.6 Å². The van der Waals surface area contributed by atoms with E-state index in [2.05, 4.69) is 32.6 Å². The Bertz CT molecular complexity index is 746. The van der Waals surface area contributed by atoms with Crippen molar-refractivity contribution in [1.29, 1.82) is 0 Å². The number of benzene rings is 1. The third-order valence-corrected chi connectivity index (χ3v) is 4.55. The summed E-state index contributed by atoms with van der Waals surface area (Å²) in [6.07, 6.45) is 4.94. The molecule has 0 spiro atoms. The molecule has 25 heavy (non-hydrogen) atoms. The number of amides is 1. The number of piperidine rings is 1. The van der Waals surface area contributed by atoms with E-state index in [1.165, 1.54) is 12.7 Å². The fourth-order valence-corrected chi connectivity index (χ4v) is 3.02. The van der Waals surface area contributed by atoms with Gasteiger partial charge in [-0.15, -0.1) is 0 Å². The quantitative estimate of drug-likeness (QED) is 0.740. The van der Waals surface area contributed by atoms with E-state index >= 15 is 0 Å². The molecule has 0 saturated carbocycles. The number of aryl methyl sites for hydroxylation is 1. The molecule has 1 aromatic carbocycles. The van der Waals surface area contributed by atoms with Crippen LogP contribution in [-0.2, 0) is 0 Å². The van der Waals surface area contributed by atoms with Crippen molar-refractivity contribution in [1.82, 2.24) is 15.4 Å². The van der Waals surface area contributed by atoms with Gasteiger partial charge in [0, 0.05) is 18.2 Å². The van der Waals surface area contributed by atoms with E-state index in [1.54, 1.807) is 12.1 Å². The molecule has 2 heterocycles. The third-order valence-electron chi connectivity index (χ3n) is 4.55. The Labute approximate surface area is 147 Å². The fourth-order valence-electron chi connectivity index (χ4n) is 3.02. The predicted molar refractivity (Wildman–Crippen MR) is 99.4 cm³/mol. The Morgan fingerprint density at radius 1 is 1.24 bits per heavy atom. The lowest BCUT2D eigenvalue weighted by Gasteiger charge is -2.35. The van der Waals surface area contributed by atoms with Gasteiger partial charge in [-0.2, -0.15) is 0 Å². The van der Waals surface area contributed by atoms with Crippen molar-refractivity contribution in [3.05, 3.63) is 41.7 Å². The maximum absolute atomic E-state index is 12.2. The van der Waals surface area contributed by atoms with E-state index < -0.39 is 0 Å². The molecule has 1 saturated heterocycles. The topological polar surface area (TPSA) is 96.2 Å². The Morgan fingerprint density at radius 2 is 2.00 bits per heavy atom. The van der Waals surface area contributed by atoms with Crippen molar-refractivity contribution in [2.75, 3.05) is 22.6 Å². The Balaban J connectivity index is 1.71. The average Bonchev–Trinajstić information content (AvgIpc) is 2.62. The number of hydrogen-bond acceptors (Lipinski definition) is 6. The van der Waals surface area contributed by atoms with Gasteiger partial charge in [-0.3, -0.25) is 15.6 Å². The third kappa shape index (κ3) is 3.81. The lowest BCUT2D eigenvalue weighted by Crippen LogP contribution is -2.39. The number of nitrogens with zero attached hydrogens (tertiary/aromatic N) is 3. The highest BCUT2D eigenvalue weighted by atomic mass is 16.2. The summed E-state index contributed by atoms with van der Waals surface area (Å²) in [6.45, 7) is 5.08. The van der Waals surface area contributed by atoms with Gasteiger partial charge in [-0.05, 0) is 45.2 Å². The average molecular weight is 340 g/mol. The number of carbonyl (C=O) groups is 1. The molecule has 0 bridgehead atoms. The molecule has 7 nitrogen and oxygen atoms in total. The zero-order chi connectivity index (χ0) is 17.8. The first kappa shape index (κ1) is 17.0.